The lowest BCUT2D eigenvalue weighted by molar-refractivity contribution is -0.168. The van der Waals surface area contributed by atoms with Crippen molar-refractivity contribution in [1.82, 2.24) is 20.0 Å². The molecule has 2 aliphatic carbocycles. The van der Waals surface area contributed by atoms with Crippen molar-refractivity contribution >= 4 is 29.9 Å². The molecule has 3 atom stereocenters. The highest BCUT2D eigenvalue weighted by molar-refractivity contribution is 14.0. The summed E-state index contributed by atoms with van der Waals surface area (Å²) < 4.78 is 7.88. The second-order valence-electron chi connectivity index (χ2n) is 7.89. The summed E-state index contributed by atoms with van der Waals surface area (Å²) in [6.45, 7) is 5.02. The summed E-state index contributed by atoms with van der Waals surface area (Å²) in [6.07, 6.45) is 10.8. The van der Waals surface area contributed by atoms with E-state index < -0.39 is 0 Å². The summed E-state index contributed by atoms with van der Waals surface area (Å²) in [5.74, 6) is 1.63. The number of guanidine groups is 1. The Morgan fingerprint density at radius 2 is 2.27 bits per heavy atom. The zero-order chi connectivity index (χ0) is 17.4. The summed E-state index contributed by atoms with van der Waals surface area (Å²) in [5, 5.41) is 8.10. The Morgan fingerprint density at radius 1 is 1.46 bits per heavy atom. The Kier molecular flexibility index (Phi) is 6.16. The van der Waals surface area contributed by atoms with Crippen molar-refractivity contribution < 1.29 is 4.74 Å². The highest BCUT2D eigenvalue weighted by Gasteiger charge is 2.59. The van der Waals surface area contributed by atoms with Gasteiger partial charge in [-0.25, -0.2) is 0 Å². The van der Waals surface area contributed by atoms with Crippen molar-refractivity contribution in [2.75, 3.05) is 26.7 Å². The predicted molar refractivity (Wildman–Crippen MR) is 114 cm³/mol. The molecule has 0 aromatic carbocycles. The van der Waals surface area contributed by atoms with E-state index in [-0.39, 0.29) is 24.0 Å². The van der Waals surface area contributed by atoms with Gasteiger partial charge in [0, 0.05) is 57.4 Å². The van der Waals surface area contributed by atoms with Gasteiger partial charge in [-0.15, -0.1) is 24.0 Å². The van der Waals surface area contributed by atoms with E-state index in [1.807, 2.05) is 25.0 Å². The highest BCUT2D eigenvalue weighted by Crippen LogP contribution is 2.57. The fourth-order valence-corrected chi connectivity index (χ4v) is 4.97. The number of likely N-dealkylation sites (tertiary alicyclic amines) is 1. The maximum absolute atomic E-state index is 5.98. The van der Waals surface area contributed by atoms with E-state index in [1.165, 1.54) is 31.2 Å². The third-order valence-electron chi connectivity index (χ3n) is 6.64. The summed E-state index contributed by atoms with van der Waals surface area (Å²) in [5.41, 5.74) is 1.71. The van der Waals surface area contributed by atoms with Crippen LogP contribution in [0.2, 0.25) is 0 Å². The number of hydrogen-bond donors (Lipinski definition) is 1. The van der Waals surface area contributed by atoms with Gasteiger partial charge in [0.2, 0.25) is 0 Å². The normalized spacial score (nSPS) is 29.9. The Labute approximate surface area is 173 Å². The summed E-state index contributed by atoms with van der Waals surface area (Å²) >= 11 is 0. The first kappa shape index (κ1) is 19.9. The fraction of sp³-hybridized carbons (Fsp3) is 0.789. The van der Waals surface area contributed by atoms with E-state index >= 15 is 0 Å². The molecule has 3 fully saturated rings. The first-order valence-corrected chi connectivity index (χ1v) is 9.74. The van der Waals surface area contributed by atoms with Crippen LogP contribution in [0.4, 0.5) is 0 Å². The Balaban J connectivity index is 0.00000196. The molecule has 7 heteroatoms. The molecule has 3 aliphatic rings. The molecule has 1 aliphatic heterocycles. The highest BCUT2D eigenvalue weighted by atomic mass is 127. The van der Waals surface area contributed by atoms with Crippen LogP contribution < -0.4 is 5.32 Å². The number of hydrogen-bond acceptors (Lipinski definition) is 3. The number of halogens is 1. The number of aryl methyl sites for hydroxylation is 1. The van der Waals surface area contributed by atoms with Gasteiger partial charge >= 0.3 is 0 Å². The monoisotopic (exact) mass is 473 g/mol. The smallest absolute Gasteiger partial charge is 0.193 e. The number of aliphatic imine (C=N–C) groups is 1. The van der Waals surface area contributed by atoms with Gasteiger partial charge in [0.15, 0.2) is 5.96 Å². The molecule has 26 heavy (non-hydrogen) atoms. The topological polar surface area (TPSA) is 54.7 Å². The molecule has 6 nitrogen and oxygen atoms in total. The summed E-state index contributed by atoms with van der Waals surface area (Å²) in [6, 6.07) is 0.522. The number of nitrogens with zero attached hydrogens (tertiary/aromatic N) is 4. The summed E-state index contributed by atoms with van der Waals surface area (Å²) in [7, 11) is 3.89. The zero-order valence-electron chi connectivity index (χ0n) is 16.1. The molecule has 146 valence electrons. The molecule has 0 amide bonds. The third-order valence-corrected chi connectivity index (χ3v) is 6.64. The van der Waals surface area contributed by atoms with E-state index in [2.05, 4.69) is 33.4 Å². The number of nitrogens with one attached hydrogen (secondary N) is 1. The van der Waals surface area contributed by atoms with Gasteiger partial charge in [-0.1, -0.05) is 6.42 Å². The van der Waals surface area contributed by atoms with E-state index in [4.69, 9.17) is 4.74 Å². The maximum Gasteiger partial charge on any atom is 0.193 e. The lowest BCUT2D eigenvalue weighted by Gasteiger charge is -2.61. The van der Waals surface area contributed by atoms with Crippen molar-refractivity contribution in [1.29, 1.82) is 0 Å². The van der Waals surface area contributed by atoms with E-state index in [0.29, 0.717) is 23.5 Å². The van der Waals surface area contributed by atoms with Gasteiger partial charge in [-0.05, 0) is 38.2 Å². The molecule has 2 saturated carbocycles. The van der Waals surface area contributed by atoms with Crippen molar-refractivity contribution in [3.63, 3.8) is 0 Å². The van der Waals surface area contributed by atoms with Gasteiger partial charge in [-0.2, -0.15) is 5.10 Å². The SMILES string of the molecule is CCOC1CC(NC(=NC)N2CCC(c3cnn(C)c3)C2)C12CCC2.I. The van der Waals surface area contributed by atoms with Gasteiger partial charge in [0.05, 0.1) is 12.3 Å². The van der Waals surface area contributed by atoms with E-state index in [9.17, 15) is 0 Å². The van der Waals surface area contributed by atoms with Crippen LogP contribution in [-0.4, -0.2) is 59.5 Å². The zero-order valence-corrected chi connectivity index (χ0v) is 18.5. The molecule has 1 aromatic heterocycles. The first-order valence-electron chi connectivity index (χ1n) is 9.74. The molecule has 2 heterocycles. The molecule has 1 spiro atoms. The van der Waals surface area contributed by atoms with Crippen LogP contribution in [0.25, 0.3) is 0 Å². The largest absolute Gasteiger partial charge is 0.378 e. The maximum atomic E-state index is 5.98. The van der Waals surface area contributed by atoms with Gasteiger partial charge in [0.25, 0.3) is 0 Å². The van der Waals surface area contributed by atoms with Crippen molar-refractivity contribution in [2.24, 2.45) is 17.5 Å². The Morgan fingerprint density at radius 3 is 2.85 bits per heavy atom. The second-order valence-corrected chi connectivity index (χ2v) is 7.89. The first-order chi connectivity index (χ1) is 12.2. The van der Waals surface area contributed by atoms with Gasteiger partial charge in [0.1, 0.15) is 0 Å². The minimum absolute atomic E-state index is 0. The minimum atomic E-state index is 0. The van der Waals surface area contributed by atoms with E-state index in [1.54, 1.807) is 0 Å². The quantitative estimate of drug-likeness (QED) is 0.415. The molecule has 3 unspecified atom stereocenters. The number of rotatable bonds is 4. The average molecular weight is 473 g/mol. The predicted octanol–water partition coefficient (Wildman–Crippen LogP) is 2.75. The van der Waals surface area contributed by atoms with Crippen LogP contribution in [0.5, 0.6) is 0 Å². The van der Waals surface area contributed by atoms with Gasteiger partial charge < -0.3 is 15.0 Å². The third kappa shape index (κ3) is 3.37. The van der Waals surface area contributed by atoms with Crippen molar-refractivity contribution in [3.05, 3.63) is 18.0 Å². The summed E-state index contributed by atoms with van der Waals surface area (Å²) in [4.78, 5) is 7.00. The fourth-order valence-electron chi connectivity index (χ4n) is 4.97. The van der Waals surface area contributed by atoms with Crippen LogP contribution in [0.1, 0.15) is 50.5 Å². The molecule has 1 N–H and O–H groups in total. The Hall–Kier alpha value is -0.830. The molecular formula is C19H32IN5O. The van der Waals surface area contributed by atoms with Crippen LogP contribution in [0, 0.1) is 5.41 Å². The second kappa shape index (κ2) is 8.04. The number of ether oxygens (including phenoxy) is 1. The van der Waals surface area contributed by atoms with Crippen molar-refractivity contribution in [2.45, 2.75) is 57.1 Å². The lowest BCUT2D eigenvalue weighted by atomic mass is 9.51. The van der Waals surface area contributed by atoms with Crippen LogP contribution in [-0.2, 0) is 11.8 Å². The molecule has 0 radical (unpaired) electrons. The van der Waals surface area contributed by atoms with Crippen LogP contribution >= 0.6 is 24.0 Å². The van der Waals surface area contributed by atoms with Crippen molar-refractivity contribution in [3.8, 4) is 0 Å². The standard InChI is InChI=1S/C19H31N5O.HI/c1-4-25-17-10-16(19(17)7-5-8-19)22-18(20-2)24-9-6-14(13-24)15-11-21-23(3)12-15;/h11-12,14,16-17H,4-10,13H2,1-3H3,(H,20,22);1H. The molecular weight excluding hydrogens is 441 g/mol. The molecule has 1 aromatic rings. The Bertz CT molecular complexity index is 642. The van der Waals surface area contributed by atoms with Gasteiger partial charge in [-0.3, -0.25) is 9.67 Å². The molecule has 0 bridgehead atoms. The molecule has 1 saturated heterocycles. The average Bonchev–Trinajstić information content (AvgIpc) is 3.17. The minimum Gasteiger partial charge on any atom is -0.378 e. The molecule has 4 rings (SSSR count). The number of aromatic nitrogens is 2. The van der Waals surface area contributed by atoms with Crippen LogP contribution in [0.15, 0.2) is 17.4 Å². The lowest BCUT2D eigenvalue weighted by Crippen LogP contribution is -2.68. The van der Waals surface area contributed by atoms with Crippen LogP contribution in [0.3, 0.4) is 0 Å². The van der Waals surface area contributed by atoms with E-state index in [0.717, 1.165) is 32.1 Å².